The Morgan fingerprint density at radius 1 is 1.07 bits per heavy atom. The van der Waals surface area contributed by atoms with E-state index in [0.29, 0.717) is 34.3 Å². The van der Waals surface area contributed by atoms with Gasteiger partial charge in [-0.2, -0.15) is 5.10 Å². The molecule has 1 heterocycles. The zero-order valence-electron chi connectivity index (χ0n) is 15.8. The maximum atomic E-state index is 12.6. The topological polar surface area (TPSA) is 107 Å². The number of aromatic nitrogens is 2. The fourth-order valence-corrected chi connectivity index (χ4v) is 2.98. The van der Waals surface area contributed by atoms with E-state index < -0.39 is 5.91 Å². The molecule has 0 aliphatic rings. The summed E-state index contributed by atoms with van der Waals surface area (Å²) in [6, 6.07) is 13.5. The molecule has 3 rings (SSSR count). The minimum atomic E-state index is -0.527. The molecular weight excluding hydrogens is 356 g/mol. The first-order valence-corrected chi connectivity index (χ1v) is 9.03. The molecular formula is C21H22N4O3. The highest BCUT2D eigenvalue weighted by Crippen LogP contribution is 2.16. The van der Waals surface area contributed by atoms with Gasteiger partial charge in [0.05, 0.1) is 17.5 Å². The van der Waals surface area contributed by atoms with Crippen LogP contribution < -0.4 is 16.6 Å². The van der Waals surface area contributed by atoms with Gasteiger partial charge in [0.2, 0.25) is 11.8 Å². The molecule has 0 spiro atoms. The zero-order valence-corrected chi connectivity index (χ0v) is 15.8. The average molecular weight is 378 g/mol. The third-order valence-electron chi connectivity index (χ3n) is 4.26. The Hall–Kier alpha value is -3.48. The van der Waals surface area contributed by atoms with Gasteiger partial charge in [0.15, 0.2) is 0 Å². The van der Waals surface area contributed by atoms with E-state index in [1.54, 1.807) is 42.5 Å². The number of hydrogen-bond donors (Lipinski definition) is 2. The monoisotopic (exact) mass is 378 g/mol. The summed E-state index contributed by atoms with van der Waals surface area (Å²) in [6.45, 7) is 4.49. The largest absolute Gasteiger partial charge is 0.366 e. The zero-order chi connectivity index (χ0) is 20.3. The molecule has 7 heteroatoms. The van der Waals surface area contributed by atoms with Crippen LogP contribution in [0.2, 0.25) is 0 Å². The molecule has 0 unspecified atom stereocenters. The number of rotatable bonds is 6. The lowest BCUT2D eigenvalue weighted by atomic mass is 10.1. The standard InChI is InChI=1S/C21H22N4O3/c1-13(2)12-25-21(28)17-6-4-3-5-16(17)18(24-25)11-19(26)23-15-9-7-14(8-10-15)20(22)27/h3-10,13H,11-12H2,1-2H3,(H2,22,27)(H,23,26). The van der Waals surface area contributed by atoms with Gasteiger partial charge in [-0.1, -0.05) is 32.0 Å². The van der Waals surface area contributed by atoms with Crippen LogP contribution in [0.5, 0.6) is 0 Å². The number of carbonyl (C=O) groups excluding carboxylic acids is 2. The summed E-state index contributed by atoms with van der Waals surface area (Å²) in [4.78, 5) is 36.3. The summed E-state index contributed by atoms with van der Waals surface area (Å²) in [7, 11) is 0. The number of benzene rings is 2. The summed E-state index contributed by atoms with van der Waals surface area (Å²) in [6.07, 6.45) is 0.0243. The van der Waals surface area contributed by atoms with Gasteiger partial charge in [-0.15, -0.1) is 0 Å². The summed E-state index contributed by atoms with van der Waals surface area (Å²) in [5, 5.41) is 8.44. The van der Waals surface area contributed by atoms with Gasteiger partial charge in [-0.25, -0.2) is 4.68 Å². The van der Waals surface area contributed by atoms with Crippen molar-refractivity contribution in [3.05, 3.63) is 70.1 Å². The lowest BCUT2D eigenvalue weighted by Gasteiger charge is -2.13. The van der Waals surface area contributed by atoms with E-state index >= 15 is 0 Å². The van der Waals surface area contributed by atoms with Crippen molar-refractivity contribution >= 4 is 28.3 Å². The van der Waals surface area contributed by atoms with Gasteiger partial charge in [-0.3, -0.25) is 14.4 Å². The quantitative estimate of drug-likeness (QED) is 0.686. The molecule has 0 radical (unpaired) electrons. The third kappa shape index (κ3) is 4.25. The molecule has 144 valence electrons. The van der Waals surface area contributed by atoms with Crippen molar-refractivity contribution in [2.45, 2.75) is 26.8 Å². The number of anilines is 1. The number of hydrogen-bond acceptors (Lipinski definition) is 4. The van der Waals surface area contributed by atoms with Crippen molar-refractivity contribution in [2.24, 2.45) is 11.7 Å². The van der Waals surface area contributed by atoms with Crippen LogP contribution in [0.15, 0.2) is 53.3 Å². The lowest BCUT2D eigenvalue weighted by Crippen LogP contribution is -2.28. The highest BCUT2D eigenvalue weighted by Gasteiger charge is 2.14. The summed E-state index contributed by atoms with van der Waals surface area (Å²) >= 11 is 0. The molecule has 0 aliphatic carbocycles. The van der Waals surface area contributed by atoms with Crippen molar-refractivity contribution in [1.29, 1.82) is 0 Å². The van der Waals surface area contributed by atoms with E-state index in [1.165, 1.54) is 4.68 Å². The van der Waals surface area contributed by atoms with Gasteiger partial charge in [0, 0.05) is 23.2 Å². The van der Waals surface area contributed by atoms with Crippen LogP contribution >= 0.6 is 0 Å². The molecule has 1 aromatic heterocycles. The number of nitrogens with one attached hydrogen (secondary N) is 1. The van der Waals surface area contributed by atoms with Crippen LogP contribution in [0.25, 0.3) is 10.8 Å². The van der Waals surface area contributed by atoms with Crippen molar-refractivity contribution in [3.63, 3.8) is 0 Å². The number of amides is 2. The van der Waals surface area contributed by atoms with Crippen LogP contribution in [0, 0.1) is 5.92 Å². The van der Waals surface area contributed by atoms with E-state index in [2.05, 4.69) is 10.4 Å². The Bertz CT molecular complexity index is 1080. The Morgan fingerprint density at radius 2 is 1.71 bits per heavy atom. The van der Waals surface area contributed by atoms with Gasteiger partial charge in [-0.05, 0) is 36.2 Å². The Morgan fingerprint density at radius 3 is 2.32 bits per heavy atom. The van der Waals surface area contributed by atoms with Crippen molar-refractivity contribution in [2.75, 3.05) is 5.32 Å². The number of nitrogens with two attached hydrogens (primary N) is 1. The molecule has 0 fully saturated rings. The van der Waals surface area contributed by atoms with Gasteiger partial charge < -0.3 is 11.1 Å². The smallest absolute Gasteiger partial charge is 0.274 e. The van der Waals surface area contributed by atoms with Crippen LogP contribution in [-0.4, -0.2) is 21.6 Å². The highest BCUT2D eigenvalue weighted by molar-refractivity contribution is 5.96. The van der Waals surface area contributed by atoms with Crippen LogP contribution in [0.4, 0.5) is 5.69 Å². The maximum absolute atomic E-state index is 12.6. The molecule has 3 N–H and O–H groups in total. The van der Waals surface area contributed by atoms with Gasteiger partial charge in [0.25, 0.3) is 5.56 Å². The first kappa shape index (κ1) is 19.3. The second-order valence-electron chi connectivity index (χ2n) is 7.04. The summed E-state index contributed by atoms with van der Waals surface area (Å²) in [5.74, 6) is -0.544. The van der Waals surface area contributed by atoms with Crippen molar-refractivity contribution in [3.8, 4) is 0 Å². The van der Waals surface area contributed by atoms with E-state index in [0.717, 1.165) is 0 Å². The minimum absolute atomic E-state index is 0.0243. The molecule has 28 heavy (non-hydrogen) atoms. The number of fused-ring (bicyclic) bond motifs is 1. The molecule has 0 saturated heterocycles. The molecule has 2 amide bonds. The molecule has 0 aliphatic heterocycles. The van der Waals surface area contributed by atoms with E-state index in [-0.39, 0.29) is 23.8 Å². The molecule has 7 nitrogen and oxygen atoms in total. The molecule has 3 aromatic rings. The first-order chi connectivity index (χ1) is 13.3. The van der Waals surface area contributed by atoms with Gasteiger partial charge >= 0.3 is 0 Å². The molecule has 2 aromatic carbocycles. The van der Waals surface area contributed by atoms with Crippen LogP contribution in [-0.2, 0) is 17.8 Å². The number of carbonyl (C=O) groups is 2. The second-order valence-corrected chi connectivity index (χ2v) is 7.04. The van der Waals surface area contributed by atoms with Crippen molar-refractivity contribution < 1.29 is 9.59 Å². The minimum Gasteiger partial charge on any atom is -0.366 e. The molecule has 0 atom stereocenters. The Balaban J connectivity index is 1.88. The predicted molar refractivity (Wildman–Crippen MR) is 108 cm³/mol. The third-order valence-corrected chi connectivity index (χ3v) is 4.26. The predicted octanol–water partition coefficient (Wildman–Crippen LogP) is 2.33. The Labute approximate surface area is 162 Å². The molecule has 0 bridgehead atoms. The Kier molecular flexibility index (Phi) is 5.54. The van der Waals surface area contributed by atoms with Crippen molar-refractivity contribution in [1.82, 2.24) is 9.78 Å². The maximum Gasteiger partial charge on any atom is 0.274 e. The summed E-state index contributed by atoms with van der Waals surface area (Å²) in [5.41, 5.74) is 6.52. The second kappa shape index (κ2) is 8.04. The van der Waals surface area contributed by atoms with E-state index in [9.17, 15) is 14.4 Å². The molecule has 0 saturated carbocycles. The SMILES string of the molecule is CC(C)Cn1nc(CC(=O)Nc2ccc(C(N)=O)cc2)c2ccccc2c1=O. The summed E-state index contributed by atoms with van der Waals surface area (Å²) < 4.78 is 1.43. The lowest BCUT2D eigenvalue weighted by molar-refractivity contribution is -0.115. The average Bonchev–Trinajstić information content (AvgIpc) is 2.65. The van der Waals surface area contributed by atoms with Crippen LogP contribution in [0.3, 0.4) is 0 Å². The van der Waals surface area contributed by atoms with Gasteiger partial charge in [0.1, 0.15) is 0 Å². The highest BCUT2D eigenvalue weighted by atomic mass is 16.2. The normalized spacial score (nSPS) is 11.0. The van der Waals surface area contributed by atoms with Crippen LogP contribution in [0.1, 0.15) is 29.9 Å². The first-order valence-electron chi connectivity index (χ1n) is 9.03. The fourth-order valence-electron chi connectivity index (χ4n) is 2.98. The van der Waals surface area contributed by atoms with E-state index in [4.69, 9.17) is 5.73 Å². The fraction of sp³-hybridized carbons (Fsp3) is 0.238. The number of nitrogens with zero attached hydrogens (tertiary/aromatic N) is 2. The number of primary amides is 1. The van der Waals surface area contributed by atoms with E-state index in [1.807, 2.05) is 19.9 Å².